The van der Waals surface area contributed by atoms with E-state index in [-0.39, 0.29) is 5.41 Å². The van der Waals surface area contributed by atoms with E-state index in [0.717, 1.165) is 31.7 Å². The van der Waals surface area contributed by atoms with E-state index in [4.69, 9.17) is 5.73 Å². The molecule has 1 nitrogen and oxygen atoms in total. The molecule has 0 atom stereocenters. The van der Waals surface area contributed by atoms with Gasteiger partial charge in [-0.3, -0.25) is 0 Å². The maximum Gasteiger partial charge on any atom is 0.131 e. The molecule has 1 fully saturated rings. The highest BCUT2D eigenvalue weighted by molar-refractivity contribution is 5.27. The van der Waals surface area contributed by atoms with Gasteiger partial charge in [0.2, 0.25) is 0 Å². The van der Waals surface area contributed by atoms with Crippen molar-refractivity contribution in [1.29, 1.82) is 0 Å². The van der Waals surface area contributed by atoms with E-state index in [1.54, 1.807) is 0 Å². The summed E-state index contributed by atoms with van der Waals surface area (Å²) in [6.07, 6.45) is 3.52. The fourth-order valence-electron chi connectivity index (χ4n) is 3.16. The maximum absolute atomic E-state index is 13.9. The van der Waals surface area contributed by atoms with Crippen molar-refractivity contribution in [2.45, 2.75) is 52.0 Å². The smallest absolute Gasteiger partial charge is 0.131 e. The van der Waals surface area contributed by atoms with Gasteiger partial charge in [0.25, 0.3) is 0 Å². The van der Waals surface area contributed by atoms with Gasteiger partial charge in [0, 0.05) is 17.2 Å². The Balaban J connectivity index is 2.18. The van der Waals surface area contributed by atoms with E-state index in [1.165, 1.54) is 12.1 Å². The third-order valence-corrected chi connectivity index (χ3v) is 4.57. The van der Waals surface area contributed by atoms with E-state index in [2.05, 4.69) is 20.8 Å². The average molecular weight is 267 g/mol. The Hall–Kier alpha value is -0.960. The highest BCUT2D eigenvalue weighted by Crippen LogP contribution is 2.44. The van der Waals surface area contributed by atoms with E-state index < -0.39 is 17.2 Å². The van der Waals surface area contributed by atoms with Gasteiger partial charge < -0.3 is 5.73 Å². The van der Waals surface area contributed by atoms with Crippen LogP contribution in [0.3, 0.4) is 0 Å². The molecule has 3 heteroatoms. The van der Waals surface area contributed by atoms with Crippen molar-refractivity contribution in [3.8, 4) is 0 Å². The first-order valence-corrected chi connectivity index (χ1v) is 6.97. The third kappa shape index (κ3) is 2.97. The molecule has 1 aliphatic rings. The number of halogens is 2. The van der Waals surface area contributed by atoms with Crippen LogP contribution in [0.5, 0.6) is 0 Å². The fourth-order valence-corrected chi connectivity index (χ4v) is 3.16. The molecule has 106 valence electrons. The molecule has 2 rings (SSSR count). The van der Waals surface area contributed by atoms with Crippen LogP contribution in [0.4, 0.5) is 8.78 Å². The zero-order chi connectivity index (χ0) is 14.3. The Morgan fingerprint density at radius 2 is 1.74 bits per heavy atom. The second kappa shape index (κ2) is 4.86. The molecule has 0 radical (unpaired) electrons. The third-order valence-electron chi connectivity index (χ3n) is 4.57. The highest BCUT2D eigenvalue weighted by atomic mass is 19.1. The van der Waals surface area contributed by atoms with Crippen molar-refractivity contribution in [3.63, 3.8) is 0 Å². The summed E-state index contributed by atoms with van der Waals surface area (Å²) in [5.41, 5.74) is 6.46. The van der Waals surface area contributed by atoms with Gasteiger partial charge >= 0.3 is 0 Å². The zero-order valence-corrected chi connectivity index (χ0v) is 12.0. The average Bonchev–Trinajstić information content (AvgIpc) is 2.27. The van der Waals surface area contributed by atoms with Gasteiger partial charge in [-0.1, -0.05) is 26.8 Å². The van der Waals surface area contributed by atoms with Crippen molar-refractivity contribution in [2.75, 3.05) is 0 Å². The van der Waals surface area contributed by atoms with Crippen molar-refractivity contribution in [1.82, 2.24) is 0 Å². The Kier molecular flexibility index (Phi) is 3.69. The predicted molar refractivity (Wildman–Crippen MR) is 73.6 cm³/mol. The summed E-state index contributed by atoms with van der Waals surface area (Å²) < 4.78 is 26.9. The topological polar surface area (TPSA) is 26.0 Å². The lowest BCUT2D eigenvalue weighted by atomic mass is 9.66. The lowest BCUT2D eigenvalue weighted by molar-refractivity contribution is 0.132. The molecular formula is C16H23F2N. The Labute approximate surface area is 114 Å². The lowest BCUT2D eigenvalue weighted by Crippen LogP contribution is -2.43. The van der Waals surface area contributed by atoms with Gasteiger partial charge in [0.05, 0.1) is 0 Å². The molecule has 1 aromatic carbocycles. The van der Waals surface area contributed by atoms with Gasteiger partial charge in [-0.2, -0.15) is 0 Å². The minimum Gasteiger partial charge on any atom is -0.321 e. The van der Waals surface area contributed by atoms with Crippen LogP contribution in [0.15, 0.2) is 18.2 Å². The second-order valence-electron chi connectivity index (χ2n) is 6.92. The second-order valence-corrected chi connectivity index (χ2v) is 6.92. The van der Waals surface area contributed by atoms with Crippen LogP contribution in [0, 0.1) is 23.0 Å². The molecule has 0 amide bonds. The molecule has 19 heavy (non-hydrogen) atoms. The standard InChI is InChI=1S/C16H23F2N/c1-15(2,3)11-6-8-16(19,9-7-11)13-5-4-12(17)10-14(13)18/h4-5,10-11H,6-9,19H2,1-3H3. The number of benzene rings is 1. The molecule has 0 spiro atoms. The van der Waals surface area contributed by atoms with Crippen LogP contribution in [0.1, 0.15) is 52.0 Å². The highest BCUT2D eigenvalue weighted by Gasteiger charge is 2.38. The molecule has 1 aliphatic carbocycles. The summed E-state index contributed by atoms with van der Waals surface area (Å²) in [6.45, 7) is 6.71. The first kappa shape index (κ1) is 14.4. The first-order chi connectivity index (χ1) is 8.72. The summed E-state index contributed by atoms with van der Waals surface area (Å²) in [5.74, 6) is -0.447. The minimum atomic E-state index is -0.639. The lowest BCUT2D eigenvalue weighted by Gasteiger charge is -2.42. The first-order valence-electron chi connectivity index (χ1n) is 6.97. The number of hydrogen-bond donors (Lipinski definition) is 1. The molecular weight excluding hydrogens is 244 g/mol. The maximum atomic E-state index is 13.9. The van der Waals surface area contributed by atoms with Crippen LogP contribution in [-0.2, 0) is 5.54 Å². The largest absolute Gasteiger partial charge is 0.321 e. The summed E-state index contributed by atoms with van der Waals surface area (Å²) >= 11 is 0. The van der Waals surface area contributed by atoms with Gasteiger partial charge in [-0.05, 0) is 43.1 Å². The van der Waals surface area contributed by atoms with Crippen LogP contribution in [0.2, 0.25) is 0 Å². The predicted octanol–water partition coefficient (Wildman–Crippen LogP) is 4.36. The van der Waals surface area contributed by atoms with Crippen LogP contribution < -0.4 is 5.73 Å². The molecule has 1 saturated carbocycles. The normalized spacial score (nSPS) is 28.4. The molecule has 0 aromatic heterocycles. The molecule has 0 bridgehead atoms. The SMILES string of the molecule is CC(C)(C)C1CCC(N)(c2ccc(F)cc2F)CC1. The molecule has 2 N–H and O–H groups in total. The van der Waals surface area contributed by atoms with Crippen molar-refractivity contribution in [2.24, 2.45) is 17.1 Å². The molecule has 0 saturated heterocycles. The fraction of sp³-hybridized carbons (Fsp3) is 0.625. The van der Waals surface area contributed by atoms with Gasteiger partial charge in [-0.25, -0.2) is 8.78 Å². The zero-order valence-electron chi connectivity index (χ0n) is 12.0. The van der Waals surface area contributed by atoms with Gasteiger partial charge in [-0.15, -0.1) is 0 Å². The molecule has 0 heterocycles. The van der Waals surface area contributed by atoms with Gasteiger partial charge in [0.1, 0.15) is 11.6 Å². The van der Waals surface area contributed by atoms with E-state index in [9.17, 15) is 8.78 Å². The van der Waals surface area contributed by atoms with Gasteiger partial charge in [0.15, 0.2) is 0 Å². The molecule has 0 unspecified atom stereocenters. The molecule has 1 aromatic rings. The van der Waals surface area contributed by atoms with Crippen LogP contribution >= 0.6 is 0 Å². The molecule has 0 aliphatic heterocycles. The van der Waals surface area contributed by atoms with Crippen LogP contribution in [0.25, 0.3) is 0 Å². The Bertz CT molecular complexity index is 454. The van der Waals surface area contributed by atoms with E-state index in [1.807, 2.05) is 0 Å². The minimum absolute atomic E-state index is 0.267. The quantitative estimate of drug-likeness (QED) is 0.804. The van der Waals surface area contributed by atoms with E-state index >= 15 is 0 Å². The van der Waals surface area contributed by atoms with Crippen LogP contribution in [-0.4, -0.2) is 0 Å². The van der Waals surface area contributed by atoms with Crippen molar-refractivity contribution in [3.05, 3.63) is 35.4 Å². The Morgan fingerprint density at radius 1 is 1.16 bits per heavy atom. The van der Waals surface area contributed by atoms with E-state index in [0.29, 0.717) is 11.5 Å². The summed E-state index contributed by atoms with van der Waals surface area (Å²) in [5, 5.41) is 0. The number of nitrogens with two attached hydrogens (primary N) is 1. The summed E-state index contributed by atoms with van der Waals surface area (Å²) in [6, 6.07) is 3.73. The van der Waals surface area contributed by atoms with Crippen molar-refractivity contribution < 1.29 is 8.78 Å². The van der Waals surface area contributed by atoms with Crippen molar-refractivity contribution >= 4 is 0 Å². The number of hydrogen-bond acceptors (Lipinski definition) is 1. The summed E-state index contributed by atoms with van der Waals surface area (Å²) in [4.78, 5) is 0. The monoisotopic (exact) mass is 267 g/mol. The number of rotatable bonds is 1. The Morgan fingerprint density at radius 3 is 2.21 bits per heavy atom. The summed E-state index contributed by atoms with van der Waals surface area (Å²) in [7, 11) is 0.